The molecule has 1 aliphatic rings. The van der Waals surface area contributed by atoms with Crippen LogP contribution in [0.25, 0.3) is 0 Å². The van der Waals surface area contributed by atoms with Gasteiger partial charge >= 0.3 is 6.18 Å². The van der Waals surface area contributed by atoms with Crippen LogP contribution in [-0.2, 0) is 6.18 Å². The highest BCUT2D eigenvalue weighted by atomic mass is 19.4. The Labute approximate surface area is 127 Å². The molecule has 7 heteroatoms. The quantitative estimate of drug-likeness (QED) is 0.583. The fourth-order valence-corrected chi connectivity index (χ4v) is 2.78. The maximum Gasteiger partial charge on any atom is 0.416 e. The zero-order valence-electron chi connectivity index (χ0n) is 12.2. The molecule has 0 saturated carbocycles. The summed E-state index contributed by atoms with van der Waals surface area (Å²) in [7, 11) is 0. The normalized spacial score (nSPS) is 17.5. The topological polar surface area (TPSA) is 46.4 Å². The predicted molar refractivity (Wildman–Crippen MR) is 78.0 cm³/mol. The van der Waals surface area contributed by atoms with Crippen molar-refractivity contribution in [2.45, 2.75) is 44.7 Å². The Hall–Kier alpha value is -1.79. The molecule has 0 radical (unpaired) electrons. The van der Waals surface area contributed by atoms with E-state index < -0.39 is 22.4 Å². The van der Waals surface area contributed by atoms with Gasteiger partial charge in [0.05, 0.1) is 10.5 Å². The van der Waals surface area contributed by atoms with E-state index in [9.17, 15) is 23.3 Å². The summed E-state index contributed by atoms with van der Waals surface area (Å²) in [5.74, 6) is 0. The van der Waals surface area contributed by atoms with Gasteiger partial charge in [0.2, 0.25) is 0 Å². The summed E-state index contributed by atoms with van der Waals surface area (Å²) in [5.41, 5.74) is -1.15. The molecule has 1 aliphatic heterocycles. The van der Waals surface area contributed by atoms with E-state index in [1.807, 2.05) is 4.90 Å². The van der Waals surface area contributed by atoms with Crippen LogP contribution in [0.1, 0.15) is 44.1 Å². The maximum atomic E-state index is 12.7. The standard InChI is InChI=1S/C15H19F3N2O2/c16-15(17,18)12-7-8-13(14(11-12)20(21)22)19-9-5-3-1-2-4-6-10-19/h7-8,11H,1-6,9-10H2. The van der Waals surface area contributed by atoms with Gasteiger partial charge in [-0.1, -0.05) is 25.7 Å². The predicted octanol–water partition coefficient (Wildman–Crippen LogP) is 4.77. The molecule has 0 bridgehead atoms. The van der Waals surface area contributed by atoms with Crippen LogP contribution in [0, 0.1) is 10.1 Å². The largest absolute Gasteiger partial charge is 0.416 e. The van der Waals surface area contributed by atoms with Crippen molar-refractivity contribution in [1.82, 2.24) is 0 Å². The van der Waals surface area contributed by atoms with Crippen LogP contribution in [0.5, 0.6) is 0 Å². The Morgan fingerprint density at radius 2 is 1.55 bits per heavy atom. The van der Waals surface area contributed by atoms with Crippen molar-refractivity contribution in [1.29, 1.82) is 0 Å². The number of rotatable bonds is 2. The monoisotopic (exact) mass is 316 g/mol. The lowest BCUT2D eigenvalue weighted by atomic mass is 10.1. The SMILES string of the molecule is O=[N+]([O-])c1cc(C(F)(F)F)ccc1N1CCCCCCCC1. The number of hydrogen-bond donors (Lipinski definition) is 0. The van der Waals surface area contributed by atoms with Gasteiger partial charge in [-0.05, 0) is 25.0 Å². The summed E-state index contributed by atoms with van der Waals surface area (Å²) in [4.78, 5) is 12.3. The zero-order valence-corrected chi connectivity index (χ0v) is 12.2. The summed E-state index contributed by atoms with van der Waals surface area (Å²) in [6.45, 7) is 1.29. The summed E-state index contributed by atoms with van der Waals surface area (Å²) in [6, 6.07) is 2.80. The van der Waals surface area contributed by atoms with E-state index in [1.54, 1.807) is 0 Å². The number of nitro groups is 1. The van der Waals surface area contributed by atoms with Gasteiger partial charge in [0.1, 0.15) is 5.69 Å². The van der Waals surface area contributed by atoms with Crippen LogP contribution >= 0.6 is 0 Å². The molecule has 1 aromatic carbocycles. The fourth-order valence-electron chi connectivity index (χ4n) is 2.78. The third-order valence-electron chi connectivity index (χ3n) is 3.95. The minimum atomic E-state index is -4.57. The first-order valence-corrected chi connectivity index (χ1v) is 7.50. The Kier molecular flexibility index (Phi) is 5.26. The van der Waals surface area contributed by atoms with Crippen LogP contribution in [0.2, 0.25) is 0 Å². The summed E-state index contributed by atoms with van der Waals surface area (Å²) in [6.07, 6.45) is 1.61. The summed E-state index contributed by atoms with van der Waals surface area (Å²) in [5, 5.41) is 11.2. The smallest absolute Gasteiger partial charge is 0.366 e. The van der Waals surface area contributed by atoms with E-state index in [4.69, 9.17) is 0 Å². The molecule has 1 saturated heterocycles. The maximum absolute atomic E-state index is 12.7. The molecule has 0 spiro atoms. The van der Waals surface area contributed by atoms with Gasteiger partial charge in [0.25, 0.3) is 5.69 Å². The second-order valence-corrected chi connectivity index (χ2v) is 5.57. The van der Waals surface area contributed by atoms with E-state index in [-0.39, 0.29) is 0 Å². The summed E-state index contributed by atoms with van der Waals surface area (Å²) >= 11 is 0. The minimum absolute atomic E-state index is 0.292. The van der Waals surface area contributed by atoms with Crippen LogP contribution < -0.4 is 4.90 Å². The number of nitro benzene ring substituents is 1. The minimum Gasteiger partial charge on any atom is -0.366 e. The highest BCUT2D eigenvalue weighted by molar-refractivity contribution is 5.64. The highest BCUT2D eigenvalue weighted by Gasteiger charge is 2.33. The molecule has 0 aliphatic carbocycles. The Morgan fingerprint density at radius 3 is 2.05 bits per heavy atom. The van der Waals surface area contributed by atoms with Crippen molar-refractivity contribution >= 4 is 11.4 Å². The molecule has 0 unspecified atom stereocenters. The van der Waals surface area contributed by atoms with Crippen molar-refractivity contribution in [2.75, 3.05) is 18.0 Å². The van der Waals surface area contributed by atoms with Gasteiger partial charge < -0.3 is 4.90 Å². The third-order valence-corrected chi connectivity index (χ3v) is 3.95. The molecule has 22 heavy (non-hydrogen) atoms. The van der Waals surface area contributed by atoms with Gasteiger partial charge in [0.15, 0.2) is 0 Å². The van der Waals surface area contributed by atoms with E-state index in [1.165, 1.54) is 6.07 Å². The average molecular weight is 316 g/mol. The number of hydrogen-bond acceptors (Lipinski definition) is 3. The Bertz CT molecular complexity index is 522. The number of anilines is 1. The lowest BCUT2D eigenvalue weighted by molar-refractivity contribution is -0.384. The second-order valence-electron chi connectivity index (χ2n) is 5.57. The molecule has 2 rings (SSSR count). The summed E-state index contributed by atoms with van der Waals surface area (Å²) < 4.78 is 38.2. The molecule has 122 valence electrons. The van der Waals surface area contributed by atoms with Crippen molar-refractivity contribution in [3.63, 3.8) is 0 Å². The molecule has 4 nitrogen and oxygen atoms in total. The van der Waals surface area contributed by atoms with E-state index in [0.29, 0.717) is 24.8 Å². The Balaban J connectivity index is 2.33. The molecule has 0 amide bonds. The molecule has 1 aromatic rings. The molecule has 0 aromatic heterocycles. The van der Waals surface area contributed by atoms with E-state index in [2.05, 4.69) is 0 Å². The van der Waals surface area contributed by atoms with E-state index in [0.717, 1.165) is 44.6 Å². The van der Waals surface area contributed by atoms with Crippen LogP contribution in [-0.4, -0.2) is 18.0 Å². The first-order chi connectivity index (χ1) is 10.4. The second kappa shape index (κ2) is 6.98. The van der Waals surface area contributed by atoms with Crippen molar-refractivity contribution < 1.29 is 18.1 Å². The van der Waals surface area contributed by atoms with Gasteiger partial charge in [0, 0.05) is 19.2 Å². The average Bonchev–Trinajstić information content (AvgIpc) is 2.59. The fraction of sp³-hybridized carbons (Fsp3) is 0.600. The van der Waals surface area contributed by atoms with Gasteiger partial charge in [-0.2, -0.15) is 13.2 Å². The number of nitrogens with zero attached hydrogens (tertiary/aromatic N) is 2. The van der Waals surface area contributed by atoms with Crippen LogP contribution in [0.15, 0.2) is 18.2 Å². The van der Waals surface area contributed by atoms with Crippen molar-refractivity contribution in [2.24, 2.45) is 0 Å². The first kappa shape index (κ1) is 16.6. The molecule has 0 N–H and O–H groups in total. The van der Waals surface area contributed by atoms with E-state index >= 15 is 0 Å². The van der Waals surface area contributed by atoms with Gasteiger partial charge in [-0.25, -0.2) is 0 Å². The lowest BCUT2D eigenvalue weighted by Crippen LogP contribution is -2.26. The lowest BCUT2D eigenvalue weighted by Gasteiger charge is -2.24. The zero-order chi connectivity index (χ0) is 16.2. The molecule has 1 heterocycles. The number of benzene rings is 1. The number of alkyl halides is 3. The van der Waals surface area contributed by atoms with Crippen LogP contribution in [0.4, 0.5) is 24.5 Å². The molecule has 0 atom stereocenters. The van der Waals surface area contributed by atoms with Gasteiger partial charge in [-0.3, -0.25) is 10.1 Å². The van der Waals surface area contributed by atoms with Crippen molar-refractivity contribution in [3.8, 4) is 0 Å². The third kappa shape index (κ3) is 4.11. The van der Waals surface area contributed by atoms with Gasteiger partial charge in [-0.15, -0.1) is 0 Å². The number of halogens is 3. The molecular formula is C15H19F3N2O2. The molecule has 1 fully saturated rings. The van der Waals surface area contributed by atoms with Crippen molar-refractivity contribution in [3.05, 3.63) is 33.9 Å². The first-order valence-electron chi connectivity index (χ1n) is 7.50. The van der Waals surface area contributed by atoms with Crippen LogP contribution in [0.3, 0.4) is 0 Å². The highest BCUT2D eigenvalue weighted by Crippen LogP contribution is 2.36. The Morgan fingerprint density at radius 1 is 1.00 bits per heavy atom. The molecular weight excluding hydrogens is 297 g/mol.